The van der Waals surface area contributed by atoms with Gasteiger partial charge in [0.25, 0.3) is 0 Å². The van der Waals surface area contributed by atoms with Crippen LogP contribution in [0.1, 0.15) is 27.7 Å². The lowest BCUT2D eigenvalue weighted by atomic mass is 9.91. The highest BCUT2D eigenvalue weighted by atomic mass is 32.1. The number of hydrogen-bond donors (Lipinski definition) is 1. The van der Waals surface area contributed by atoms with Crippen LogP contribution in [-0.2, 0) is 6.42 Å². The summed E-state index contributed by atoms with van der Waals surface area (Å²) in [4.78, 5) is 17.5. The van der Waals surface area contributed by atoms with E-state index in [9.17, 15) is 9.18 Å². The number of carbonyl (C=O) groups excluding carboxylic acids is 1. The van der Waals surface area contributed by atoms with Crippen LogP contribution >= 0.6 is 11.3 Å². The molecular weight excluding hydrogens is 389 g/mol. The van der Waals surface area contributed by atoms with E-state index in [1.54, 1.807) is 12.1 Å². The van der Waals surface area contributed by atoms with Crippen molar-refractivity contribution >= 4 is 17.2 Å². The molecule has 4 aromatic rings. The Labute approximate surface area is 171 Å². The summed E-state index contributed by atoms with van der Waals surface area (Å²) < 4.78 is 19.2. The molecule has 0 radical (unpaired) electrons. The highest BCUT2D eigenvalue weighted by Crippen LogP contribution is 2.23. The van der Waals surface area contributed by atoms with E-state index in [2.05, 4.69) is 15.5 Å². The quantitative estimate of drug-likeness (QED) is 0.482. The summed E-state index contributed by atoms with van der Waals surface area (Å²) >= 11 is 1.47. The molecule has 29 heavy (non-hydrogen) atoms. The fraction of sp³-hybridized carbons (Fsp3) is 0.136. The number of thiophene rings is 1. The van der Waals surface area contributed by atoms with E-state index in [0.29, 0.717) is 24.4 Å². The molecule has 2 aromatic carbocycles. The summed E-state index contributed by atoms with van der Waals surface area (Å²) in [7, 11) is 0. The third-order valence-corrected chi connectivity index (χ3v) is 5.43. The average Bonchev–Trinajstić information content (AvgIpc) is 3.44. The molecule has 0 spiro atoms. The number of benzene rings is 2. The minimum Gasteiger partial charge on any atom is -0.347 e. The van der Waals surface area contributed by atoms with Crippen LogP contribution in [0.3, 0.4) is 0 Å². The first-order chi connectivity index (χ1) is 14.2. The predicted octanol–water partition coefficient (Wildman–Crippen LogP) is 4.69. The molecule has 0 aliphatic rings. The molecule has 0 saturated heterocycles. The molecule has 4 rings (SSSR count). The summed E-state index contributed by atoms with van der Waals surface area (Å²) in [6, 6.07) is 20.1. The number of rotatable bonds is 7. The lowest BCUT2D eigenvalue weighted by molar-refractivity contribution is 0.0907. The Morgan fingerprint density at radius 3 is 2.62 bits per heavy atom. The maximum atomic E-state index is 14.1. The summed E-state index contributed by atoms with van der Waals surface area (Å²) in [6.45, 7) is 0.313. The van der Waals surface area contributed by atoms with Gasteiger partial charge in [0.05, 0.1) is 4.88 Å². The Kier molecular flexibility index (Phi) is 5.76. The van der Waals surface area contributed by atoms with Crippen LogP contribution in [0.25, 0.3) is 10.7 Å². The fourth-order valence-corrected chi connectivity index (χ4v) is 3.72. The normalized spacial score (nSPS) is 11.9. The number of nitrogens with zero attached hydrogens (tertiary/aromatic N) is 2. The average molecular weight is 407 g/mol. The molecule has 1 N–H and O–H groups in total. The van der Waals surface area contributed by atoms with Crippen LogP contribution in [0.15, 0.2) is 76.6 Å². The van der Waals surface area contributed by atoms with Gasteiger partial charge in [0, 0.05) is 12.5 Å². The van der Waals surface area contributed by atoms with Gasteiger partial charge in [-0.05, 0) is 35.1 Å². The van der Waals surface area contributed by atoms with E-state index >= 15 is 0 Å². The fourth-order valence-electron chi connectivity index (χ4n) is 3.08. The molecule has 2 heterocycles. The molecule has 0 bridgehead atoms. The number of aromatic nitrogens is 2. The van der Waals surface area contributed by atoms with Gasteiger partial charge in [0.2, 0.25) is 5.82 Å². The van der Waals surface area contributed by atoms with Crippen LogP contribution in [0.2, 0.25) is 0 Å². The minimum absolute atomic E-state index is 0.0916. The third-order valence-electron chi connectivity index (χ3n) is 4.57. The zero-order valence-corrected chi connectivity index (χ0v) is 16.2. The zero-order valence-electron chi connectivity index (χ0n) is 15.4. The van der Waals surface area contributed by atoms with E-state index in [4.69, 9.17) is 4.52 Å². The van der Waals surface area contributed by atoms with Gasteiger partial charge in [0.1, 0.15) is 5.82 Å². The van der Waals surface area contributed by atoms with Crippen LogP contribution in [-0.4, -0.2) is 22.6 Å². The standard InChI is InChI=1S/C22H18FN3O2S/c23-18-10-5-4-9-16(18)13-17(15-7-2-1-3-8-15)14-24-21(27)22-25-20(26-28-22)19-11-6-12-29-19/h1-12,17H,13-14H2,(H,24,27)/t17-/m1/s1. The third kappa shape index (κ3) is 4.57. The monoisotopic (exact) mass is 407 g/mol. The maximum absolute atomic E-state index is 14.1. The van der Waals surface area contributed by atoms with E-state index in [-0.39, 0.29) is 17.6 Å². The molecule has 146 valence electrons. The molecular formula is C22H18FN3O2S. The highest BCUT2D eigenvalue weighted by Gasteiger charge is 2.20. The molecule has 7 heteroatoms. The van der Waals surface area contributed by atoms with Crippen molar-refractivity contribution in [2.45, 2.75) is 12.3 Å². The van der Waals surface area contributed by atoms with Crippen molar-refractivity contribution in [1.29, 1.82) is 0 Å². The van der Waals surface area contributed by atoms with Crippen molar-refractivity contribution in [2.75, 3.05) is 6.54 Å². The molecule has 0 aliphatic carbocycles. The van der Waals surface area contributed by atoms with Gasteiger partial charge in [-0.15, -0.1) is 11.3 Å². The Hall–Kier alpha value is -3.32. The number of nitrogens with one attached hydrogen (secondary N) is 1. The zero-order chi connectivity index (χ0) is 20.1. The highest BCUT2D eigenvalue weighted by molar-refractivity contribution is 7.13. The first kappa shape index (κ1) is 19.0. The van der Waals surface area contributed by atoms with Gasteiger partial charge >= 0.3 is 11.8 Å². The largest absolute Gasteiger partial charge is 0.347 e. The van der Waals surface area contributed by atoms with Crippen molar-refractivity contribution in [3.63, 3.8) is 0 Å². The van der Waals surface area contributed by atoms with Crippen molar-refractivity contribution < 1.29 is 13.7 Å². The maximum Gasteiger partial charge on any atom is 0.316 e. The molecule has 0 unspecified atom stereocenters. The number of carbonyl (C=O) groups is 1. The van der Waals surface area contributed by atoms with Crippen LogP contribution in [0.4, 0.5) is 4.39 Å². The SMILES string of the molecule is O=C(NC[C@@H](Cc1ccccc1F)c1ccccc1)c1nc(-c2cccs2)no1. The van der Waals surface area contributed by atoms with Crippen molar-refractivity contribution in [3.8, 4) is 10.7 Å². The van der Waals surface area contributed by atoms with Gasteiger partial charge in [-0.3, -0.25) is 4.79 Å². The smallest absolute Gasteiger partial charge is 0.316 e. The summed E-state index contributed by atoms with van der Waals surface area (Å²) in [5.74, 6) is -0.508. The second kappa shape index (κ2) is 8.79. The van der Waals surface area contributed by atoms with Gasteiger partial charge in [-0.25, -0.2) is 4.39 Å². The summed E-state index contributed by atoms with van der Waals surface area (Å²) in [5, 5.41) is 8.60. The minimum atomic E-state index is -0.449. The lowest BCUT2D eigenvalue weighted by Gasteiger charge is -2.18. The van der Waals surface area contributed by atoms with E-state index < -0.39 is 5.91 Å². The van der Waals surface area contributed by atoms with Gasteiger partial charge in [-0.2, -0.15) is 4.98 Å². The van der Waals surface area contributed by atoms with E-state index in [0.717, 1.165) is 10.4 Å². The number of hydrogen-bond acceptors (Lipinski definition) is 5. The van der Waals surface area contributed by atoms with E-state index in [1.807, 2.05) is 53.9 Å². The van der Waals surface area contributed by atoms with Gasteiger partial charge in [0.15, 0.2) is 0 Å². The predicted molar refractivity (Wildman–Crippen MR) is 109 cm³/mol. The van der Waals surface area contributed by atoms with Crippen LogP contribution in [0, 0.1) is 5.82 Å². The van der Waals surface area contributed by atoms with Crippen LogP contribution in [0.5, 0.6) is 0 Å². The molecule has 0 aliphatic heterocycles. The Morgan fingerprint density at radius 1 is 1.07 bits per heavy atom. The molecule has 1 amide bonds. The number of halogens is 1. The number of amides is 1. The van der Waals surface area contributed by atoms with Crippen molar-refractivity contribution in [3.05, 3.63) is 94.9 Å². The molecule has 2 aromatic heterocycles. The van der Waals surface area contributed by atoms with Crippen molar-refractivity contribution in [1.82, 2.24) is 15.5 Å². The van der Waals surface area contributed by atoms with Crippen molar-refractivity contribution in [2.24, 2.45) is 0 Å². The topological polar surface area (TPSA) is 68.0 Å². The van der Waals surface area contributed by atoms with E-state index in [1.165, 1.54) is 17.4 Å². The Morgan fingerprint density at radius 2 is 1.86 bits per heavy atom. The first-order valence-electron chi connectivity index (χ1n) is 9.15. The molecule has 5 nitrogen and oxygen atoms in total. The Bertz CT molecular complexity index is 1080. The second-order valence-corrected chi connectivity index (χ2v) is 7.46. The summed E-state index contributed by atoms with van der Waals surface area (Å²) in [5.41, 5.74) is 1.62. The summed E-state index contributed by atoms with van der Waals surface area (Å²) in [6.07, 6.45) is 0.460. The van der Waals surface area contributed by atoms with Gasteiger partial charge in [-0.1, -0.05) is 59.8 Å². The Balaban J connectivity index is 1.48. The first-order valence-corrected chi connectivity index (χ1v) is 10.0. The molecule has 0 fully saturated rings. The van der Waals surface area contributed by atoms with Gasteiger partial charge < -0.3 is 9.84 Å². The molecule has 0 saturated carbocycles. The second-order valence-electron chi connectivity index (χ2n) is 6.51. The van der Waals surface area contributed by atoms with Crippen LogP contribution < -0.4 is 5.32 Å². The molecule has 1 atom stereocenters. The lowest BCUT2D eigenvalue weighted by Crippen LogP contribution is -2.29.